The summed E-state index contributed by atoms with van der Waals surface area (Å²) < 4.78 is 21.0. The fraction of sp³-hybridized carbons (Fsp3) is 0.714. The molecule has 0 amide bonds. The average Bonchev–Trinajstić information content (AvgIpc) is 2.04. The first-order valence-corrected chi connectivity index (χ1v) is 11.1. The Morgan fingerprint density at radius 1 is 1.00 bits per heavy atom. The molecular weight excluding hydrogens is 308 g/mol. The first-order valence-electron chi connectivity index (χ1n) is 3.44. The second kappa shape index (κ2) is 15.1. The maximum atomic E-state index is 10.5. The van der Waals surface area contributed by atoms with Gasteiger partial charge in [-0.25, -0.2) is 18.4 Å². The predicted octanol–water partition coefficient (Wildman–Crippen LogP) is 1.45. The van der Waals surface area contributed by atoms with Crippen molar-refractivity contribution >= 4 is 32.1 Å². The van der Waals surface area contributed by atoms with Crippen LogP contribution in [0.15, 0.2) is 0 Å². The number of carboxylic acids is 2. The van der Waals surface area contributed by atoms with Crippen LogP contribution in [0, 0.1) is 0 Å². The Balaban J connectivity index is -0.000000131. The molecule has 0 rings (SSSR count). The standard InChI is InChI=1S/2C2H3FO2.3CH3.Sb/c2*3-1-2(4)5;;;;/h2*1H2,(H,4,5);3*1H3;. The molecule has 0 unspecified atom stereocenters. The molecule has 0 spiro atoms. The van der Waals surface area contributed by atoms with Gasteiger partial charge in [0.1, 0.15) is 0 Å². The summed E-state index contributed by atoms with van der Waals surface area (Å²) in [5.41, 5.74) is 0. The molecule has 0 aromatic carbocycles. The molecule has 0 aliphatic heterocycles. The summed E-state index contributed by atoms with van der Waals surface area (Å²) in [7, 11) is 0. The number of carboxylic acid groups (broad SMARTS) is 2. The van der Waals surface area contributed by atoms with Crippen LogP contribution < -0.4 is 0 Å². The molecule has 0 aromatic heterocycles. The van der Waals surface area contributed by atoms with Crippen molar-refractivity contribution in [3.05, 3.63) is 0 Å². The number of carbonyl (C=O) groups is 2. The molecule has 7 heteroatoms. The van der Waals surface area contributed by atoms with Gasteiger partial charge in [-0.3, -0.25) is 0 Å². The summed E-state index contributed by atoms with van der Waals surface area (Å²) in [4.78, 5) is 25.0. The van der Waals surface area contributed by atoms with Crippen molar-refractivity contribution in [2.24, 2.45) is 0 Å². The van der Waals surface area contributed by atoms with Crippen molar-refractivity contribution in [2.45, 2.75) is 14.6 Å². The summed E-state index contributed by atoms with van der Waals surface area (Å²) in [6, 6.07) is 0. The van der Waals surface area contributed by atoms with Crippen molar-refractivity contribution < 1.29 is 28.6 Å². The van der Waals surface area contributed by atoms with E-state index in [1.807, 2.05) is 0 Å². The van der Waals surface area contributed by atoms with E-state index in [0.29, 0.717) is 0 Å². The molecule has 4 nitrogen and oxygen atoms in total. The molecule has 0 aliphatic carbocycles. The zero-order chi connectivity index (χ0) is 12.1. The van der Waals surface area contributed by atoms with E-state index >= 15 is 0 Å². The number of aliphatic carboxylic acids is 2. The van der Waals surface area contributed by atoms with Gasteiger partial charge in [-0.2, -0.15) is 0 Å². The quantitative estimate of drug-likeness (QED) is 0.755. The van der Waals surface area contributed by atoms with Crippen LogP contribution in [0.5, 0.6) is 0 Å². The molecule has 0 heterocycles. The Morgan fingerprint density at radius 2 is 1.07 bits per heavy atom. The van der Waals surface area contributed by atoms with Crippen molar-refractivity contribution in [3.8, 4) is 0 Å². The van der Waals surface area contributed by atoms with Crippen LogP contribution >= 0.6 is 0 Å². The second-order valence-electron chi connectivity index (χ2n) is 2.40. The van der Waals surface area contributed by atoms with E-state index in [0.717, 1.165) is 0 Å². The van der Waals surface area contributed by atoms with E-state index in [4.69, 9.17) is 19.8 Å². The molecule has 0 bridgehead atoms. The Hall–Kier alpha value is -0.382. The van der Waals surface area contributed by atoms with E-state index in [9.17, 15) is 8.78 Å². The molecular formula is C7H15F2O4Sb. The Kier molecular flexibility index (Phi) is 20.8. The normalized spacial score (nSPS) is 7.86. The predicted molar refractivity (Wildman–Crippen MR) is 50.6 cm³/mol. The van der Waals surface area contributed by atoms with Gasteiger partial charge < -0.3 is 10.2 Å². The minimum absolute atomic E-state index is 0.450. The number of halogens is 2. The first-order chi connectivity index (χ1) is 6.27. The number of hydrogen-bond donors (Lipinski definition) is 2. The van der Waals surface area contributed by atoms with E-state index in [2.05, 4.69) is 14.6 Å². The molecule has 0 radical (unpaired) electrons. The van der Waals surface area contributed by atoms with Crippen molar-refractivity contribution in [1.29, 1.82) is 0 Å². The summed E-state index contributed by atoms with van der Waals surface area (Å²) in [6.45, 7) is -2.56. The molecule has 0 atom stereocenters. The molecule has 86 valence electrons. The van der Waals surface area contributed by atoms with Crippen molar-refractivity contribution in [3.63, 3.8) is 0 Å². The Morgan fingerprint density at radius 3 is 1.07 bits per heavy atom. The van der Waals surface area contributed by atoms with Crippen molar-refractivity contribution in [1.82, 2.24) is 0 Å². The zero-order valence-electron chi connectivity index (χ0n) is 8.33. The molecule has 14 heavy (non-hydrogen) atoms. The molecule has 0 saturated carbocycles. The van der Waals surface area contributed by atoms with Crippen molar-refractivity contribution in [2.75, 3.05) is 13.3 Å². The SMILES string of the molecule is O=C(O)CF.O=C(O)CF.[CH3][Sb]([CH3])[CH3]. The van der Waals surface area contributed by atoms with Gasteiger partial charge in [-0.15, -0.1) is 0 Å². The van der Waals surface area contributed by atoms with Crippen LogP contribution in [0.1, 0.15) is 0 Å². The monoisotopic (exact) mass is 322 g/mol. The van der Waals surface area contributed by atoms with Gasteiger partial charge in [0.05, 0.1) is 0 Å². The van der Waals surface area contributed by atoms with Crippen LogP contribution in [0.3, 0.4) is 0 Å². The van der Waals surface area contributed by atoms with Gasteiger partial charge in [0.2, 0.25) is 0 Å². The zero-order valence-corrected chi connectivity index (χ0v) is 10.9. The molecule has 0 saturated heterocycles. The van der Waals surface area contributed by atoms with Gasteiger partial charge in [-0.05, 0) is 0 Å². The summed E-state index contributed by atoms with van der Waals surface area (Å²) >= 11 is -0.450. The summed E-state index contributed by atoms with van der Waals surface area (Å²) in [6.07, 6.45) is 0. The number of hydrogen-bond acceptors (Lipinski definition) is 2. The van der Waals surface area contributed by atoms with Crippen LogP contribution in [0.25, 0.3) is 0 Å². The first kappa shape index (κ1) is 19.2. The van der Waals surface area contributed by atoms with Crippen LogP contribution in [0.2, 0.25) is 14.6 Å². The maximum absolute atomic E-state index is 10.5. The van der Waals surface area contributed by atoms with Crippen LogP contribution in [0.4, 0.5) is 8.78 Å². The fourth-order valence-electron chi connectivity index (χ4n) is 0. The molecule has 0 aromatic rings. The summed E-state index contributed by atoms with van der Waals surface area (Å²) in [5.74, 6) is -2.82. The van der Waals surface area contributed by atoms with Gasteiger partial charge in [-0.1, -0.05) is 0 Å². The Labute approximate surface area is 88.9 Å². The summed E-state index contributed by atoms with van der Waals surface area (Å²) in [5, 5.41) is 14.7. The number of alkyl halides is 2. The minimum atomic E-state index is -1.41. The van der Waals surface area contributed by atoms with Gasteiger partial charge >= 0.3 is 46.8 Å². The van der Waals surface area contributed by atoms with Crippen LogP contribution in [-0.4, -0.2) is 55.7 Å². The van der Waals surface area contributed by atoms with E-state index < -0.39 is 45.5 Å². The molecule has 0 fully saturated rings. The topological polar surface area (TPSA) is 74.6 Å². The van der Waals surface area contributed by atoms with E-state index in [1.165, 1.54) is 0 Å². The average molecular weight is 323 g/mol. The second-order valence-corrected chi connectivity index (χ2v) is 10.1. The fourth-order valence-corrected chi connectivity index (χ4v) is 0. The Bertz CT molecular complexity index is 136. The third kappa shape index (κ3) is 100. The number of rotatable bonds is 2. The van der Waals surface area contributed by atoms with Gasteiger partial charge in [0.15, 0.2) is 13.3 Å². The van der Waals surface area contributed by atoms with E-state index in [1.54, 1.807) is 0 Å². The van der Waals surface area contributed by atoms with Crippen LogP contribution in [-0.2, 0) is 9.59 Å². The molecule has 0 aliphatic rings. The third-order valence-electron chi connectivity index (χ3n) is 0.229. The van der Waals surface area contributed by atoms with Gasteiger partial charge in [0.25, 0.3) is 0 Å². The van der Waals surface area contributed by atoms with E-state index in [-0.39, 0.29) is 0 Å². The molecule has 2 N–H and O–H groups in total. The van der Waals surface area contributed by atoms with Gasteiger partial charge in [0, 0.05) is 0 Å². The third-order valence-corrected chi connectivity index (χ3v) is 0.229.